The van der Waals surface area contributed by atoms with E-state index >= 15 is 0 Å². The van der Waals surface area contributed by atoms with Crippen LogP contribution in [0.2, 0.25) is 0 Å². The smallest absolute Gasteiger partial charge is 0.411 e. The molecular weight excluding hydrogens is 322 g/mol. The number of nitrogens with zero attached hydrogens (tertiary/aromatic N) is 1. The van der Waals surface area contributed by atoms with Gasteiger partial charge in [-0.1, -0.05) is 28.1 Å². The minimum absolute atomic E-state index is 0.396. The molecule has 1 amide bonds. The summed E-state index contributed by atoms with van der Waals surface area (Å²) in [6, 6.07) is 5.37. The second-order valence-electron chi connectivity index (χ2n) is 5.89. The molecule has 108 valence electrons. The van der Waals surface area contributed by atoms with Crippen LogP contribution in [0.4, 0.5) is 4.79 Å². The van der Waals surface area contributed by atoms with Crippen molar-refractivity contribution in [1.29, 1.82) is 0 Å². The maximum absolute atomic E-state index is 12.2. The summed E-state index contributed by atoms with van der Waals surface area (Å²) in [5.74, 6) is 0. The van der Waals surface area contributed by atoms with E-state index in [1.165, 1.54) is 4.90 Å². The third-order valence-electron chi connectivity index (χ3n) is 3.16. The lowest BCUT2D eigenvalue weighted by Crippen LogP contribution is -2.47. The molecule has 1 aliphatic rings. The lowest BCUT2D eigenvalue weighted by molar-refractivity contribution is -0.113. The molecule has 0 unspecified atom stereocenters. The molecule has 1 aliphatic heterocycles. The Morgan fingerprint density at radius 1 is 1.45 bits per heavy atom. The lowest BCUT2D eigenvalue weighted by Gasteiger charge is -2.35. The van der Waals surface area contributed by atoms with Gasteiger partial charge in [0.2, 0.25) is 0 Å². The van der Waals surface area contributed by atoms with Gasteiger partial charge in [-0.2, -0.15) is 0 Å². The second kappa shape index (κ2) is 5.56. The van der Waals surface area contributed by atoms with E-state index in [1.54, 1.807) is 0 Å². The van der Waals surface area contributed by atoms with Crippen LogP contribution in [0.3, 0.4) is 0 Å². The minimum atomic E-state index is -0.567. The molecule has 0 fully saturated rings. The maximum atomic E-state index is 12.2. The topological polar surface area (TPSA) is 46.6 Å². The third kappa shape index (κ3) is 3.20. The van der Waals surface area contributed by atoms with Gasteiger partial charge in [-0.05, 0) is 38.0 Å². The molecule has 1 heterocycles. The Hall–Kier alpha value is -1.36. The number of carbonyl (C=O) groups excluding carboxylic acids is 2. The van der Waals surface area contributed by atoms with Crippen molar-refractivity contribution in [3.8, 4) is 0 Å². The van der Waals surface area contributed by atoms with Crippen molar-refractivity contribution in [2.24, 2.45) is 0 Å². The van der Waals surface area contributed by atoms with Gasteiger partial charge in [0.1, 0.15) is 11.9 Å². The predicted octanol–water partition coefficient (Wildman–Crippen LogP) is 3.31. The zero-order valence-electron chi connectivity index (χ0n) is 11.9. The van der Waals surface area contributed by atoms with Crippen LogP contribution in [0.15, 0.2) is 22.7 Å². The molecule has 1 atom stereocenters. The van der Waals surface area contributed by atoms with E-state index in [-0.39, 0.29) is 0 Å². The molecule has 0 N–H and O–H groups in total. The summed E-state index contributed by atoms with van der Waals surface area (Å²) in [6.45, 7) is 5.84. The molecule has 4 nitrogen and oxygen atoms in total. The zero-order chi connectivity index (χ0) is 14.9. The molecule has 0 aromatic heterocycles. The fourth-order valence-electron chi connectivity index (χ4n) is 2.24. The summed E-state index contributed by atoms with van der Waals surface area (Å²) >= 11 is 3.49. The Bertz CT molecular complexity index is 536. The number of aldehydes is 1. The summed E-state index contributed by atoms with van der Waals surface area (Å²) in [6.07, 6.45) is 0.881. The maximum Gasteiger partial charge on any atom is 0.411 e. The molecule has 0 spiro atoms. The van der Waals surface area contributed by atoms with Crippen LogP contribution in [0.25, 0.3) is 0 Å². The summed E-state index contributed by atoms with van der Waals surface area (Å²) in [5.41, 5.74) is 1.56. The highest BCUT2D eigenvalue weighted by Crippen LogP contribution is 2.29. The first-order valence-corrected chi connectivity index (χ1v) is 7.32. The molecule has 2 rings (SSSR count). The summed E-state index contributed by atoms with van der Waals surface area (Å²) < 4.78 is 6.35. The van der Waals surface area contributed by atoms with Crippen LogP contribution in [-0.2, 0) is 22.5 Å². The first-order valence-electron chi connectivity index (χ1n) is 6.53. The molecule has 0 aliphatic carbocycles. The highest BCUT2D eigenvalue weighted by molar-refractivity contribution is 9.10. The van der Waals surface area contributed by atoms with E-state index < -0.39 is 17.7 Å². The first kappa shape index (κ1) is 15.0. The highest BCUT2D eigenvalue weighted by Gasteiger charge is 2.33. The number of fused-ring (bicyclic) bond motifs is 1. The van der Waals surface area contributed by atoms with Crippen LogP contribution >= 0.6 is 15.9 Å². The van der Waals surface area contributed by atoms with E-state index in [0.29, 0.717) is 13.0 Å². The van der Waals surface area contributed by atoms with Crippen molar-refractivity contribution in [2.75, 3.05) is 0 Å². The van der Waals surface area contributed by atoms with Crippen molar-refractivity contribution < 1.29 is 14.3 Å². The van der Waals surface area contributed by atoms with E-state index in [1.807, 2.05) is 39.0 Å². The van der Waals surface area contributed by atoms with Crippen molar-refractivity contribution in [2.45, 2.75) is 45.4 Å². The van der Waals surface area contributed by atoms with Crippen LogP contribution in [-0.4, -0.2) is 28.9 Å². The van der Waals surface area contributed by atoms with Gasteiger partial charge in [-0.3, -0.25) is 4.90 Å². The number of benzene rings is 1. The number of halogens is 1. The molecule has 0 saturated heterocycles. The van der Waals surface area contributed by atoms with E-state index in [9.17, 15) is 9.59 Å². The fraction of sp³-hybridized carbons (Fsp3) is 0.467. The molecule has 1 aromatic carbocycles. The molecule has 0 bridgehead atoms. The number of rotatable bonds is 1. The minimum Gasteiger partial charge on any atom is -0.444 e. The Balaban J connectivity index is 2.27. The van der Waals surface area contributed by atoms with Crippen LogP contribution in [0.5, 0.6) is 0 Å². The number of hydrogen-bond acceptors (Lipinski definition) is 3. The van der Waals surface area contributed by atoms with Crippen molar-refractivity contribution in [3.63, 3.8) is 0 Å². The molecule has 20 heavy (non-hydrogen) atoms. The van der Waals surface area contributed by atoms with Gasteiger partial charge in [-0.25, -0.2) is 4.79 Å². The van der Waals surface area contributed by atoms with Crippen LogP contribution in [0.1, 0.15) is 31.9 Å². The van der Waals surface area contributed by atoms with Gasteiger partial charge in [0.25, 0.3) is 0 Å². The fourth-order valence-corrected chi connectivity index (χ4v) is 2.81. The quantitative estimate of drug-likeness (QED) is 0.737. The average Bonchev–Trinajstić information content (AvgIpc) is 2.36. The zero-order valence-corrected chi connectivity index (χ0v) is 13.4. The molecule has 5 heteroatoms. The SMILES string of the molecule is CC(C)(C)OC(=O)N1Cc2cccc(Br)c2C[C@@H]1C=O. The summed E-state index contributed by atoms with van der Waals surface area (Å²) in [4.78, 5) is 25.0. The largest absolute Gasteiger partial charge is 0.444 e. The van der Waals surface area contributed by atoms with Crippen molar-refractivity contribution in [1.82, 2.24) is 4.90 Å². The Morgan fingerprint density at radius 2 is 2.15 bits per heavy atom. The van der Waals surface area contributed by atoms with Gasteiger partial charge >= 0.3 is 6.09 Å². The first-order chi connectivity index (χ1) is 9.31. The third-order valence-corrected chi connectivity index (χ3v) is 3.90. The predicted molar refractivity (Wildman–Crippen MR) is 79.5 cm³/mol. The van der Waals surface area contributed by atoms with E-state index in [0.717, 1.165) is 21.9 Å². The number of ether oxygens (including phenoxy) is 1. The second-order valence-corrected chi connectivity index (χ2v) is 6.75. The summed E-state index contributed by atoms with van der Waals surface area (Å²) in [5, 5.41) is 0. The molecular formula is C15H18BrNO3. The van der Waals surface area contributed by atoms with E-state index in [4.69, 9.17) is 4.74 Å². The lowest BCUT2D eigenvalue weighted by atomic mass is 9.95. The van der Waals surface area contributed by atoms with E-state index in [2.05, 4.69) is 15.9 Å². The van der Waals surface area contributed by atoms with Gasteiger partial charge < -0.3 is 9.53 Å². The van der Waals surface area contributed by atoms with Gasteiger partial charge in [0, 0.05) is 10.9 Å². The van der Waals surface area contributed by atoms with Crippen molar-refractivity contribution in [3.05, 3.63) is 33.8 Å². The number of amides is 1. The standard InChI is InChI=1S/C15H18BrNO3/c1-15(2,3)20-14(19)17-8-10-5-4-6-13(16)12(10)7-11(17)9-18/h4-6,9,11H,7-8H2,1-3H3/t11-/m1/s1. The van der Waals surface area contributed by atoms with Gasteiger partial charge in [0.05, 0.1) is 12.6 Å². The Kier molecular flexibility index (Phi) is 4.18. The van der Waals surface area contributed by atoms with Crippen LogP contribution in [0, 0.1) is 0 Å². The molecule has 0 radical (unpaired) electrons. The highest BCUT2D eigenvalue weighted by atomic mass is 79.9. The summed E-state index contributed by atoms with van der Waals surface area (Å²) in [7, 11) is 0. The molecule has 0 saturated carbocycles. The van der Waals surface area contributed by atoms with Gasteiger partial charge in [-0.15, -0.1) is 0 Å². The average molecular weight is 340 g/mol. The number of carbonyl (C=O) groups is 2. The number of hydrogen-bond donors (Lipinski definition) is 0. The monoisotopic (exact) mass is 339 g/mol. The van der Waals surface area contributed by atoms with Crippen molar-refractivity contribution >= 4 is 28.3 Å². The molecule has 1 aromatic rings. The van der Waals surface area contributed by atoms with Gasteiger partial charge in [0.15, 0.2) is 0 Å². The Morgan fingerprint density at radius 3 is 2.75 bits per heavy atom. The normalized spacial score (nSPS) is 18.4. The Labute approximate surface area is 127 Å². The van der Waals surface area contributed by atoms with Crippen LogP contribution < -0.4 is 0 Å².